The Morgan fingerprint density at radius 1 is 1.71 bits per heavy atom. The first-order valence-electron chi connectivity index (χ1n) is 2.15. The first-order valence-corrected chi connectivity index (χ1v) is 2.15. The normalized spacial score (nSPS) is 7.14. The largest absolute Gasteiger partial charge is 0.384 e. The molecule has 39 valence electrons. The Balaban J connectivity index is 2.78. The van der Waals surface area contributed by atoms with Crippen LogP contribution in [0.2, 0.25) is 0 Å². The van der Waals surface area contributed by atoms with Crippen LogP contribution in [0.4, 0.5) is 0 Å². The highest BCUT2D eigenvalue weighted by molar-refractivity contribution is 5.00. The van der Waals surface area contributed by atoms with E-state index in [-0.39, 0.29) is 0 Å². The smallest absolute Gasteiger partial charge is 0.0571 e. The molecule has 1 nitrogen and oxygen atoms in total. The summed E-state index contributed by atoms with van der Waals surface area (Å²) in [6, 6.07) is 0. The van der Waals surface area contributed by atoms with Crippen molar-refractivity contribution >= 4 is 0 Å². The van der Waals surface area contributed by atoms with E-state index in [0.717, 1.165) is 6.42 Å². The summed E-state index contributed by atoms with van der Waals surface area (Å²) in [6.07, 6.45) is 0.792. The minimum Gasteiger partial charge on any atom is -0.384 e. The zero-order valence-electron chi connectivity index (χ0n) is 4.53. The van der Waals surface area contributed by atoms with Gasteiger partial charge in [0, 0.05) is 20.5 Å². The first-order chi connectivity index (χ1) is 3.41. The number of rotatable bonds is 2. The average Bonchev–Trinajstić information content (AvgIpc) is 1.69. The van der Waals surface area contributed by atoms with Crippen molar-refractivity contribution in [2.45, 2.75) is 6.42 Å². The molecule has 0 aromatic heterocycles. The molecule has 1 heteroatoms. The molecule has 0 fully saturated rings. The van der Waals surface area contributed by atoms with Gasteiger partial charge in [-0.3, -0.25) is 0 Å². The Labute approximate surface area is 44.7 Å². The van der Waals surface area contributed by atoms with Crippen LogP contribution in [0.5, 0.6) is 0 Å². The van der Waals surface area contributed by atoms with Gasteiger partial charge in [0.1, 0.15) is 0 Å². The fourth-order valence-electron chi connectivity index (χ4n) is 0.241. The first kappa shape index (κ1) is 6.52. The third kappa shape index (κ3) is 5.52. The van der Waals surface area contributed by atoms with Crippen molar-refractivity contribution in [2.75, 3.05) is 13.7 Å². The molecule has 0 saturated carbocycles. The zero-order valence-corrected chi connectivity index (χ0v) is 4.53. The highest BCUT2D eigenvalue weighted by Crippen LogP contribution is 1.73. The number of methoxy groups -OCH3 is 1. The van der Waals surface area contributed by atoms with Crippen molar-refractivity contribution in [3.63, 3.8) is 0 Å². The van der Waals surface area contributed by atoms with Crippen molar-refractivity contribution in [1.82, 2.24) is 0 Å². The Bertz CT molecular complexity index is 75.9. The summed E-state index contributed by atoms with van der Waals surface area (Å²) in [6.45, 7) is 4.05. The fraction of sp³-hybridized carbons (Fsp3) is 0.500. The lowest BCUT2D eigenvalue weighted by Crippen LogP contribution is -1.83. The van der Waals surface area contributed by atoms with Gasteiger partial charge >= 0.3 is 0 Å². The van der Waals surface area contributed by atoms with Crippen LogP contribution in [-0.2, 0) is 4.74 Å². The second-order valence-electron chi connectivity index (χ2n) is 1.10. The van der Waals surface area contributed by atoms with Gasteiger partial charge in [-0.25, -0.2) is 0 Å². The number of hydrogen-bond donors (Lipinski definition) is 0. The van der Waals surface area contributed by atoms with Crippen LogP contribution < -0.4 is 0 Å². The van der Waals surface area contributed by atoms with Gasteiger partial charge in [0.15, 0.2) is 0 Å². The molecule has 0 bridgehead atoms. The molecule has 0 saturated heterocycles. The lowest BCUT2D eigenvalue weighted by atomic mass is 10.4. The van der Waals surface area contributed by atoms with Crippen molar-refractivity contribution in [2.24, 2.45) is 0 Å². The van der Waals surface area contributed by atoms with Gasteiger partial charge in [-0.2, -0.15) is 0 Å². The molecule has 0 aliphatic rings. The van der Waals surface area contributed by atoms with E-state index in [2.05, 4.69) is 18.8 Å². The molecule has 0 N–H and O–H groups in total. The predicted octanol–water partition coefficient (Wildman–Crippen LogP) is 0.860. The minimum atomic E-state index is 0.711. The zero-order chi connectivity index (χ0) is 5.54. The SMILES string of the molecule is [CH2]C#CCCOC. The Morgan fingerprint density at radius 3 is 2.86 bits per heavy atom. The van der Waals surface area contributed by atoms with Crippen LogP contribution in [0.15, 0.2) is 0 Å². The second kappa shape index (κ2) is 5.52. The molecule has 0 heterocycles. The van der Waals surface area contributed by atoms with Crippen molar-refractivity contribution in [3.8, 4) is 11.8 Å². The van der Waals surface area contributed by atoms with Gasteiger partial charge in [0.2, 0.25) is 0 Å². The van der Waals surface area contributed by atoms with Crippen molar-refractivity contribution < 1.29 is 4.74 Å². The fourth-order valence-corrected chi connectivity index (χ4v) is 0.241. The minimum absolute atomic E-state index is 0.711. The molecule has 0 unspecified atom stereocenters. The average molecular weight is 97.1 g/mol. The van der Waals surface area contributed by atoms with Crippen molar-refractivity contribution in [1.29, 1.82) is 0 Å². The summed E-state index contributed by atoms with van der Waals surface area (Å²) in [5, 5.41) is 0. The van der Waals surface area contributed by atoms with Crippen LogP contribution in [0.25, 0.3) is 0 Å². The van der Waals surface area contributed by atoms with Crippen LogP contribution in [0.1, 0.15) is 6.42 Å². The lowest BCUT2D eigenvalue weighted by molar-refractivity contribution is 0.206. The third-order valence-electron chi connectivity index (χ3n) is 0.556. The Morgan fingerprint density at radius 2 is 2.43 bits per heavy atom. The van der Waals surface area contributed by atoms with Gasteiger partial charge in [-0.1, -0.05) is 0 Å². The predicted molar refractivity (Wildman–Crippen MR) is 29.6 cm³/mol. The van der Waals surface area contributed by atoms with Gasteiger partial charge < -0.3 is 4.74 Å². The lowest BCUT2D eigenvalue weighted by Gasteiger charge is -1.85. The van der Waals surface area contributed by atoms with Gasteiger partial charge in [-0.15, -0.1) is 11.8 Å². The van der Waals surface area contributed by atoms with E-state index in [1.807, 2.05) is 0 Å². The molecule has 0 aromatic rings. The topological polar surface area (TPSA) is 9.23 Å². The highest BCUT2D eigenvalue weighted by atomic mass is 16.5. The molecule has 0 aliphatic carbocycles. The maximum Gasteiger partial charge on any atom is 0.0571 e. The van der Waals surface area contributed by atoms with E-state index in [1.165, 1.54) is 0 Å². The molecule has 0 rings (SSSR count). The summed E-state index contributed by atoms with van der Waals surface area (Å²) in [7, 11) is 1.66. The van der Waals surface area contributed by atoms with E-state index in [0.29, 0.717) is 6.61 Å². The van der Waals surface area contributed by atoms with Gasteiger partial charge in [0.05, 0.1) is 6.61 Å². The van der Waals surface area contributed by atoms with Crippen LogP contribution >= 0.6 is 0 Å². The van der Waals surface area contributed by atoms with E-state index in [4.69, 9.17) is 4.74 Å². The maximum atomic E-state index is 4.71. The molecule has 0 atom stereocenters. The molecular weight excluding hydrogens is 88.1 g/mol. The van der Waals surface area contributed by atoms with Gasteiger partial charge in [-0.05, 0) is 0 Å². The molecule has 0 aliphatic heterocycles. The summed E-state index contributed by atoms with van der Waals surface area (Å²) in [5.74, 6) is 5.29. The second-order valence-corrected chi connectivity index (χ2v) is 1.10. The van der Waals surface area contributed by atoms with Crippen LogP contribution in [0.3, 0.4) is 0 Å². The van der Waals surface area contributed by atoms with Gasteiger partial charge in [0.25, 0.3) is 0 Å². The molecule has 0 aromatic carbocycles. The van der Waals surface area contributed by atoms with Crippen LogP contribution in [-0.4, -0.2) is 13.7 Å². The highest BCUT2D eigenvalue weighted by Gasteiger charge is 1.71. The standard InChI is InChI=1S/C6H9O/c1-3-4-5-6-7-2/h1,5-6H2,2H3. The van der Waals surface area contributed by atoms with Crippen LogP contribution in [0, 0.1) is 18.8 Å². The summed E-state index contributed by atoms with van der Waals surface area (Å²) < 4.78 is 4.71. The molecular formula is C6H9O. The molecule has 1 radical (unpaired) electrons. The summed E-state index contributed by atoms with van der Waals surface area (Å²) in [5.41, 5.74) is 0. The third-order valence-corrected chi connectivity index (χ3v) is 0.556. The number of hydrogen-bond acceptors (Lipinski definition) is 1. The van der Waals surface area contributed by atoms with E-state index >= 15 is 0 Å². The summed E-state index contributed by atoms with van der Waals surface area (Å²) >= 11 is 0. The van der Waals surface area contributed by atoms with Crippen molar-refractivity contribution in [3.05, 3.63) is 6.92 Å². The quantitative estimate of drug-likeness (QED) is 0.367. The number of ether oxygens (including phenoxy) is 1. The van der Waals surface area contributed by atoms with E-state index < -0.39 is 0 Å². The Kier molecular flexibility index (Phi) is 5.14. The maximum absolute atomic E-state index is 4.71. The van der Waals surface area contributed by atoms with E-state index in [9.17, 15) is 0 Å². The molecule has 0 spiro atoms. The molecule has 7 heavy (non-hydrogen) atoms. The monoisotopic (exact) mass is 97.1 g/mol. The summed E-state index contributed by atoms with van der Waals surface area (Å²) in [4.78, 5) is 0. The van der Waals surface area contributed by atoms with E-state index in [1.54, 1.807) is 7.11 Å². The molecule has 0 amide bonds. The Hall–Kier alpha value is -0.480.